The third-order valence-corrected chi connectivity index (χ3v) is 11.5. The number of rotatable bonds is 14. The van der Waals surface area contributed by atoms with Crippen LogP contribution in [0.25, 0.3) is 0 Å². The number of benzene rings is 3. The maximum absolute atomic E-state index is 13.7. The van der Waals surface area contributed by atoms with Gasteiger partial charge in [-0.2, -0.15) is 0 Å². The van der Waals surface area contributed by atoms with Crippen molar-refractivity contribution >= 4 is 5.88 Å². The monoisotopic (exact) mass is 665 g/mol. The zero-order valence-corrected chi connectivity index (χ0v) is 30.1. The first-order valence-electron chi connectivity index (χ1n) is 18.6. The van der Waals surface area contributed by atoms with Crippen LogP contribution in [-0.2, 0) is 18.5 Å². The van der Waals surface area contributed by atoms with E-state index in [0.29, 0.717) is 11.8 Å². The summed E-state index contributed by atoms with van der Waals surface area (Å²) in [6.07, 6.45) is 6.47. The van der Waals surface area contributed by atoms with Gasteiger partial charge in [-0.15, -0.1) is 0 Å². The number of anilines is 1. The Balaban J connectivity index is 1.19. The molecule has 0 bridgehead atoms. The van der Waals surface area contributed by atoms with Gasteiger partial charge in [0.05, 0.1) is 6.04 Å². The highest BCUT2D eigenvalue weighted by molar-refractivity contribution is 5.44. The lowest BCUT2D eigenvalue weighted by Gasteiger charge is -2.43. The van der Waals surface area contributed by atoms with Crippen molar-refractivity contribution in [3.8, 4) is 0 Å². The molecule has 2 atom stereocenters. The lowest BCUT2D eigenvalue weighted by atomic mass is 9.69. The second-order valence-corrected chi connectivity index (χ2v) is 14.4. The van der Waals surface area contributed by atoms with Crippen LogP contribution in [-0.4, -0.2) is 61.1 Å². The SMILES string of the molecule is CCN(CC)C(CC1CCC(C(C)(NC)c2ccc(F)cc2)CC1)c1nc(Cc2ccccc2)c(N2CCN(Cc3ccccc3)CC2)o1. The molecule has 49 heavy (non-hydrogen) atoms. The summed E-state index contributed by atoms with van der Waals surface area (Å²) in [5, 5.41) is 3.61. The van der Waals surface area contributed by atoms with E-state index in [0.717, 1.165) is 89.0 Å². The van der Waals surface area contributed by atoms with E-state index >= 15 is 0 Å². The van der Waals surface area contributed by atoms with Gasteiger partial charge in [0.2, 0.25) is 11.8 Å². The summed E-state index contributed by atoms with van der Waals surface area (Å²) in [7, 11) is 2.04. The first-order chi connectivity index (χ1) is 23.9. The number of oxazole rings is 1. The van der Waals surface area contributed by atoms with Gasteiger partial charge < -0.3 is 14.6 Å². The normalized spacial score (nSPS) is 20.7. The molecule has 2 fully saturated rings. The van der Waals surface area contributed by atoms with Crippen molar-refractivity contribution in [2.75, 3.05) is 51.2 Å². The molecule has 1 aliphatic heterocycles. The molecule has 0 amide bonds. The van der Waals surface area contributed by atoms with E-state index in [-0.39, 0.29) is 17.4 Å². The molecule has 0 spiro atoms. The molecule has 1 saturated heterocycles. The third kappa shape index (κ3) is 8.45. The lowest BCUT2D eigenvalue weighted by Crippen LogP contribution is -2.46. The van der Waals surface area contributed by atoms with E-state index in [4.69, 9.17) is 9.40 Å². The summed E-state index contributed by atoms with van der Waals surface area (Å²) >= 11 is 0. The van der Waals surface area contributed by atoms with Crippen LogP contribution in [0.5, 0.6) is 0 Å². The third-order valence-electron chi connectivity index (χ3n) is 11.5. The largest absolute Gasteiger partial charge is 0.423 e. The zero-order chi connectivity index (χ0) is 34.2. The van der Waals surface area contributed by atoms with Gasteiger partial charge in [0.1, 0.15) is 11.5 Å². The van der Waals surface area contributed by atoms with Crippen LogP contribution in [0.3, 0.4) is 0 Å². The van der Waals surface area contributed by atoms with Gasteiger partial charge in [-0.05, 0) is 87.0 Å². The van der Waals surface area contributed by atoms with Crippen molar-refractivity contribution in [3.63, 3.8) is 0 Å². The van der Waals surface area contributed by atoms with Gasteiger partial charge in [0.25, 0.3) is 0 Å². The molecule has 6 rings (SSSR count). The Labute approximate surface area is 293 Å². The summed E-state index contributed by atoms with van der Waals surface area (Å²) in [6.45, 7) is 13.6. The van der Waals surface area contributed by atoms with Crippen molar-refractivity contribution in [1.82, 2.24) is 20.1 Å². The fourth-order valence-electron chi connectivity index (χ4n) is 8.35. The van der Waals surface area contributed by atoms with E-state index in [1.165, 1.54) is 29.5 Å². The molecule has 7 heteroatoms. The maximum atomic E-state index is 13.7. The van der Waals surface area contributed by atoms with Gasteiger partial charge in [-0.1, -0.05) is 99.5 Å². The second-order valence-electron chi connectivity index (χ2n) is 14.4. The fraction of sp³-hybridized carbons (Fsp3) is 0.500. The van der Waals surface area contributed by atoms with Gasteiger partial charge in [-0.3, -0.25) is 9.80 Å². The molecule has 0 radical (unpaired) electrons. The first-order valence-corrected chi connectivity index (χ1v) is 18.6. The molecular formula is C42H56FN5O. The lowest BCUT2D eigenvalue weighted by molar-refractivity contribution is 0.113. The molecule has 4 aromatic rings. The Hall–Kier alpha value is -3.52. The number of hydrogen-bond donors (Lipinski definition) is 1. The van der Waals surface area contributed by atoms with Crippen molar-refractivity contribution < 1.29 is 8.81 Å². The molecule has 2 heterocycles. The van der Waals surface area contributed by atoms with Crippen molar-refractivity contribution in [2.45, 2.75) is 77.4 Å². The number of halogens is 1. The number of aromatic nitrogens is 1. The highest BCUT2D eigenvalue weighted by atomic mass is 19.1. The van der Waals surface area contributed by atoms with Crippen molar-refractivity contribution in [2.24, 2.45) is 11.8 Å². The quantitative estimate of drug-likeness (QED) is 0.146. The van der Waals surface area contributed by atoms with Crippen LogP contribution in [0.1, 0.15) is 87.2 Å². The standard InChI is InChI=1S/C42H56FN5O/c1-5-47(6-2)39(30-33-17-19-35(20-18-33)42(3,44-4)36-21-23-37(43)24-22-36)40-45-38(29-32-13-9-7-10-14-32)41(49-40)48-27-25-46(26-28-48)31-34-15-11-8-12-16-34/h7-16,21-24,33,35,39,44H,5-6,17-20,25-31H2,1-4H3. The molecule has 1 N–H and O–H groups in total. The Morgan fingerprint density at radius 1 is 0.857 bits per heavy atom. The van der Waals surface area contributed by atoms with E-state index in [1.54, 1.807) is 12.1 Å². The van der Waals surface area contributed by atoms with Gasteiger partial charge in [0, 0.05) is 44.7 Å². The first kappa shape index (κ1) is 35.3. The molecule has 3 aromatic carbocycles. The van der Waals surface area contributed by atoms with Crippen molar-refractivity contribution in [3.05, 3.63) is 119 Å². The fourth-order valence-corrected chi connectivity index (χ4v) is 8.35. The summed E-state index contributed by atoms with van der Waals surface area (Å²) in [5.41, 5.74) is 4.68. The average Bonchev–Trinajstić information content (AvgIpc) is 3.56. The van der Waals surface area contributed by atoms with Crippen LogP contribution in [0.2, 0.25) is 0 Å². The highest BCUT2D eigenvalue weighted by Crippen LogP contribution is 2.44. The summed E-state index contributed by atoms with van der Waals surface area (Å²) in [5.74, 6) is 2.76. The Morgan fingerprint density at radius 2 is 1.47 bits per heavy atom. The van der Waals surface area contributed by atoms with Crippen LogP contribution in [0.15, 0.2) is 89.3 Å². The molecule has 2 unspecified atom stereocenters. The molecule has 1 saturated carbocycles. The van der Waals surface area contributed by atoms with Gasteiger partial charge >= 0.3 is 0 Å². The summed E-state index contributed by atoms with van der Waals surface area (Å²) < 4.78 is 20.7. The minimum atomic E-state index is -0.180. The molecule has 2 aliphatic rings. The van der Waals surface area contributed by atoms with E-state index < -0.39 is 0 Å². The highest BCUT2D eigenvalue weighted by Gasteiger charge is 2.39. The van der Waals surface area contributed by atoms with Crippen LogP contribution >= 0.6 is 0 Å². The zero-order valence-electron chi connectivity index (χ0n) is 30.1. The Morgan fingerprint density at radius 3 is 2.06 bits per heavy atom. The smallest absolute Gasteiger partial charge is 0.220 e. The molecule has 1 aliphatic carbocycles. The van der Waals surface area contributed by atoms with Crippen molar-refractivity contribution in [1.29, 1.82) is 0 Å². The van der Waals surface area contributed by atoms with Crippen LogP contribution in [0, 0.1) is 17.7 Å². The number of nitrogens with zero attached hydrogens (tertiary/aromatic N) is 4. The number of hydrogen-bond acceptors (Lipinski definition) is 6. The second kappa shape index (κ2) is 16.5. The number of nitrogens with one attached hydrogen (secondary N) is 1. The molecule has 6 nitrogen and oxygen atoms in total. The Kier molecular flexibility index (Phi) is 11.9. The topological polar surface area (TPSA) is 47.8 Å². The minimum Gasteiger partial charge on any atom is -0.423 e. The Bertz CT molecular complexity index is 1560. The van der Waals surface area contributed by atoms with E-state index in [1.807, 2.05) is 19.2 Å². The maximum Gasteiger partial charge on any atom is 0.220 e. The molecule has 1 aromatic heterocycles. The number of piperazine rings is 1. The predicted molar refractivity (Wildman–Crippen MR) is 198 cm³/mol. The van der Waals surface area contributed by atoms with Crippen LogP contribution < -0.4 is 10.2 Å². The molecular weight excluding hydrogens is 609 g/mol. The van der Waals surface area contributed by atoms with Gasteiger partial charge in [-0.25, -0.2) is 9.37 Å². The van der Waals surface area contributed by atoms with Gasteiger partial charge in [0.15, 0.2) is 0 Å². The average molecular weight is 666 g/mol. The predicted octanol–water partition coefficient (Wildman–Crippen LogP) is 8.44. The molecule has 262 valence electrons. The van der Waals surface area contributed by atoms with Crippen LogP contribution in [0.4, 0.5) is 10.3 Å². The summed E-state index contributed by atoms with van der Waals surface area (Å²) in [6, 6.07) is 28.7. The van der Waals surface area contributed by atoms with E-state index in [2.05, 4.69) is 101 Å². The van der Waals surface area contributed by atoms with E-state index in [9.17, 15) is 4.39 Å². The minimum absolute atomic E-state index is 0.145. The summed E-state index contributed by atoms with van der Waals surface area (Å²) in [4.78, 5) is 12.9.